The third-order valence-corrected chi connectivity index (χ3v) is 2.56. The van der Waals surface area contributed by atoms with E-state index in [4.69, 9.17) is 0 Å². The van der Waals surface area contributed by atoms with Crippen LogP contribution in [0.25, 0.3) is 0 Å². The molecule has 0 aliphatic heterocycles. The van der Waals surface area contributed by atoms with E-state index in [-0.39, 0.29) is 6.04 Å². The lowest BCUT2D eigenvalue weighted by molar-refractivity contribution is -0.119. The fraction of sp³-hybridized carbons (Fsp3) is 0.500. The van der Waals surface area contributed by atoms with Crippen LogP contribution in [0, 0.1) is 0 Å². The van der Waals surface area contributed by atoms with Gasteiger partial charge in [-0.05, 0) is 5.56 Å². The SMILES string of the molecule is CCC(=O)CC(NC(C)C)c1ccccc1. The number of hydrogen-bond acceptors (Lipinski definition) is 2. The van der Waals surface area contributed by atoms with Gasteiger partial charge in [0.25, 0.3) is 0 Å². The highest BCUT2D eigenvalue weighted by molar-refractivity contribution is 5.78. The zero-order chi connectivity index (χ0) is 12.0. The summed E-state index contributed by atoms with van der Waals surface area (Å²) in [7, 11) is 0. The minimum atomic E-state index is 0.147. The Kier molecular flexibility index (Phi) is 5.20. The summed E-state index contributed by atoms with van der Waals surface area (Å²) in [6.07, 6.45) is 1.20. The van der Waals surface area contributed by atoms with Crippen LogP contribution in [0.4, 0.5) is 0 Å². The summed E-state index contributed by atoms with van der Waals surface area (Å²) in [6, 6.07) is 10.7. The summed E-state index contributed by atoms with van der Waals surface area (Å²) in [5.41, 5.74) is 1.19. The van der Waals surface area contributed by atoms with Gasteiger partial charge in [-0.3, -0.25) is 4.79 Å². The number of carbonyl (C=O) groups is 1. The molecule has 0 bridgehead atoms. The van der Waals surface area contributed by atoms with Crippen molar-refractivity contribution in [3.8, 4) is 0 Å². The summed E-state index contributed by atoms with van der Waals surface area (Å²) in [4.78, 5) is 11.5. The smallest absolute Gasteiger partial charge is 0.134 e. The molecule has 1 aromatic carbocycles. The van der Waals surface area contributed by atoms with Crippen LogP contribution >= 0.6 is 0 Å². The standard InChI is InChI=1S/C14H21NO/c1-4-13(16)10-14(15-11(2)3)12-8-6-5-7-9-12/h5-9,11,14-15H,4,10H2,1-3H3. The van der Waals surface area contributed by atoms with E-state index in [0.717, 1.165) is 0 Å². The van der Waals surface area contributed by atoms with Gasteiger partial charge in [0.2, 0.25) is 0 Å². The molecule has 0 fully saturated rings. The van der Waals surface area contributed by atoms with Gasteiger partial charge in [-0.1, -0.05) is 51.1 Å². The van der Waals surface area contributed by atoms with E-state index < -0.39 is 0 Å². The highest BCUT2D eigenvalue weighted by Gasteiger charge is 2.15. The van der Waals surface area contributed by atoms with Crippen molar-refractivity contribution in [2.24, 2.45) is 0 Å². The molecule has 1 unspecified atom stereocenters. The van der Waals surface area contributed by atoms with Crippen LogP contribution in [0.2, 0.25) is 0 Å². The van der Waals surface area contributed by atoms with Crippen molar-refractivity contribution in [3.05, 3.63) is 35.9 Å². The Morgan fingerprint density at radius 2 is 1.88 bits per heavy atom. The van der Waals surface area contributed by atoms with E-state index in [1.54, 1.807) is 0 Å². The van der Waals surface area contributed by atoms with E-state index in [9.17, 15) is 4.79 Å². The van der Waals surface area contributed by atoms with Crippen LogP contribution in [-0.2, 0) is 4.79 Å². The van der Waals surface area contributed by atoms with Crippen LogP contribution in [0.1, 0.15) is 45.2 Å². The normalized spacial score (nSPS) is 12.8. The average molecular weight is 219 g/mol. The molecule has 0 radical (unpaired) electrons. The number of hydrogen-bond donors (Lipinski definition) is 1. The monoisotopic (exact) mass is 219 g/mol. The van der Waals surface area contributed by atoms with Gasteiger partial charge in [0.05, 0.1) is 0 Å². The second-order valence-corrected chi connectivity index (χ2v) is 4.38. The van der Waals surface area contributed by atoms with Gasteiger partial charge < -0.3 is 5.32 Å². The lowest BCUT2D eigenvalue weighted by Crippen LogP contribution is -2.29. The molecule has 0 amide bonds. The minimum Gasteiger partial charge on any atom is -0.307 e. The highest BCUT2D eigenvalue weighted by Crippen LogP contribution is 2.18. The molecule has 16 heavy (non-hydrogen) atoms. The largest absolute Gasteiger partial charge is 0.307 e. The van der Waals surface area contributed by atoms with Gasteiger partial charge in [-0.2, -0.15) is 0 Å². The lowest BCUT2D eigenvalue weighted by Gasteiger charge is -2.21. The molecule has 1 atom stereocenters. The maximum Gasteiger partial charge on any atom is 0.134 e. The van der Waals surface area contributed by atoms with Gasteiger partial charge in [-0.15, -0.1) is 0 Å². The van der Waals surface area contributed by atoms with Crippen molar-refractivity contribution in [1.82, 2.24) is 5.32 Å². The number of rotatable bonds is 6. The Morgan fingerprint density at radius 3 is 2.38 bits per heavy atom. The Morgan fingerprint density at radius 1 is 1.25 bits per heavy atom. The molecule has 1 aromatic rings. The van der Waals surface area contributed by atoms with E-state index >= 15 is 0 Å². The Bertz CT molecular complexity index is 319. The van der Waals surface area contributed by atoms with Gasteiger partial charge in [0.15, 0.2) is 0 Å². The zero-order valence-corrected chi connectivity index (χ0v) is 10.4. The van der Waals surface area contributed by atoms with E-state index in [1.165, 1.54) is 5.56 Å². The van der Waals surface area contributed by atoms with E-state index in [0.29, 0.717) is 24.7 Å². The van der Waals surface area contributed by atoms with Crippen molar-refractivity contribution in [2.75, 3.05) is 0 Å². The van der Waals surface area contributed by atoms with Crippen LogP contribution in [0.3, 0.4) is 0 Å². The molecule has 0 aliphatic rings. The van der Waals surface area contributed by atoms with Crippen molar-refractivity contribution in [1.29, 1.82) is 0 Å². The molecule has 2 heteroatoms. The van der Waals surface area contributed by atoms with E-state index in [1.807, 2.05) is 25.1 Å². The van der Waals surface area contributed by atoms with Crippen LogP contribution in [-0.4, -0.2) is 11.8 Å². The lowest BCUT2D eigenvalue weighted by atomic mass is 10.00. The van der Waals surface area contributed by atoms with Crippen molar-refractivity contribution in [2.45, 2.75) is 45.7 Å². The van der Waals surface area contributed by atoms with Crippen LogP contribution < -0.4 is 5.32 Å². The van der Waals surface area contributed by atoms with Crippen molar-refractivity contribution >= 4 is 5.78 Å². The third kappa shape index (κ3) is 4.15. The number of carbonyl (C=O) groups excluding carboxylic acids is 1. The fourth-order valence-corrected chi connectivity index (χ4v) is 1.73. The van der Waals surface area contributed by atoms with Crippen molar-refractivity contribution < 1.29 is 4.79 Å². The molecule has 0 spiro atoms. The summed E-state index contributed by atoms with van der Waals surface area (Å²) >= 11 is 0. The summed E-state index contributed by atoms with van der Waals surface area (Å²) in [6.45, 7) is 6.12. The second kappa shape index (κ2) is 6.44. The Labute approximate surface area is 98.1 Å². The summed E-state index contributed by atoms with van der Waals surface area (Å²) in [5, 5.41) is 3.44. The maximum atomic E-state index is 11.5. The first-order valence-corrected chi connectivity index (χ1v) is 5.96. The molecule has 2 nitrogen and oxygen atoms in total. The number of nitrogens with one attached hydrogen (secondary N) is 1. The first-order valence-electron chi connectivity index (χ1n) is 5.96. The minimum absolute atomic E-state index is 0.147. The molecule has 0 aliphatic carbocycles. The second-order valence-electron chi connectivity index (χ2n) is 4.38. The molecule has 0 heterocycles. The predicted octanol–water partition coefficient (Wildman–Crippen LogP) is 3.09. The number of ketones is 1. The Hall–Kier alpha value is -1.15. The third-order valence-electron chi connectivity index (χ3n) is 2.56. The average Bonchev–Trinajstić information content (AvgIpc) is 2.28. The van der Waals surface area contributed by atoms with Crippen LogP contribution in [0.5, 0.6) is 0 Å². The molecular formula is C14H21NO. The Balaban J connectivity index is 2.75. The highest BCUT2D eigenvalue weighted by atomic mass is 16.1. The fourth-order valence-electron chi connectivity index (χ4n) is 1.73. The first kappa shape index (κ1) is 12.9. The number of Topliss-reactive ketones (excluding diaryl/α,β-unsaturated/α-hetero) is 1. The topological polar surface area (TPSA) is 29.1 Å². The number of benzene rings is 1. The van der Waals surface area contributed by atoms with E-state index in [2.05, 4.69) is 31.3 Å². The molecule has 0 aromatic heterocycles. The van der Waals surface area contributed by atoms with Crippen molar-refractivity contribution in [3.63, 3.8) is 0 Å². The molecule has 88 valence electrons. The maximum absolute atomic E-state index is 11.5. The molecular weight excluding hydrogens is 198 g/mol. The van der Waals surface area contributed by atoms with Gasteiger partial charge in [0.1, 0.15) is 5.78 Å². The van der Waals surface area contributed by atoms with Gasteiger partial charge >= 0.3 is 0 Å². The quantitative estimate of drug-likeness (QED) is 0.796. The predicted molar refractivity (Wildman–Crippen MR) is 67.4 cm³/mol. The molecule has 0 saturated heterocycles. The molecule has 1 rings (SSSR count). The summed E-state index contributed by atoms with van der Waals surface area (Å²) in [5.74, 6) is 0.307. The molecule has 1 N–H and O–H groups in total. The molecule has 0 saturated carbocycles. The summed E-state index contributed by atoms with van der Waals surface area (Å²) < 4.78 is 0. The van der Waals surface area contributed by atoms with Gasteiger partial charge in [0, 0.05) is 24.9 Å². The zero-order valence-electron chi connectivity index (χ0n) is 10.4. The van der Waals surface area contributed by atoms with Crippen LogP contribution in [0.15, 0.2) is 30.3 Å². The van der Waals surface area contributed by atoms with Gasteiger partial charge in [-0.25, -0.2) is 0 Å². The first-order chi connectivity index (χ1) is 7.63.